The zero-order chi connectivity index (χ0) is 14.4. The van der Waals surface area contributed by atoms with Crippen LogP contribution in [0.4, 0.5) is 0 Å². The van der Waals surface area contributed by atoms with Gasteiger partial charge >= 0.3 is 0 Å². The predicted molar refractivity (Wildman–Crippen MR) is 81.5 cm³/mol. The summed E-state index contributed by atoms with van der Waals surface area (Å²) in [7, 11) is 0. The summed E-state index contributed by atoms with van der Waals surface area (Å²) in [6.45, 7) is 2.36. The number of hydrogen-bond donors (Lipinski definition) is 1. The molecule has 106 valence electrons. The lowest BCUT2D eigenvalue weighted by Crippen LogP contribution is -2.06. The Bertz CT molecular complexity index is 541. The first-order valence-corrected chi connectivity index (χ1v) is 7.18. The van der Waals surface area contributed by atoms with Crippen molar-refractivity contribution < 1.29 is 14.6 Å². The van der Waals surface area contributed by atoms with Gasteiger partial charge < -0.3 is 14.6 Å². The van der Waals surface area contributed by atoms with Crippen molar-refractivity contribution >= 4 is 15.9 Å². The molecule has 0 heterocycles. The van der Waals surface area contributed by atoms with Crippen molar-refractivity contribution in [3.63, 3.8) is 0 Å². The van der Waals surface area contributed by atoms with Gasteiger partial charge in [-0.1, -0.05) is 46.3 Å². The minimum atomic E-state index is -0.586. The smallest absolute Gasteiger partial charge is 0.189 e. The molecule has 0 radical (unpaired) electrons. The number of aliphatic hydroxyl groups excluding tert-OH is 1. The molecule has 0 amide bonds. The van der Waals surface area contributed by atoms with Gasteiger partial charge in [0.1, 0.15) is 5.75 Å². The Morgan fingerprint density at radius 3 is 2.60 bits per heavy atom. The third-order valence-corrected chi connectivity index (χ3v) is 3.32. The lowest BCUT2D eigenvalue weighted by molar-refractivity contribution is 0.00341. The minimum absolute atomic E-state index is 0.149. The summed E-state index contributed by atoms with van der Waals surface area (Å²) < 4.78 is 12.0. The SMILES string of the molecule is CC(O)c1cc(Br)ccc1OCOCc1ccccc1. The summed E-state index contributed by atoms with van der Waals surface area (Å²) in [5, 5.41) is 9.72. The third kappa shape index (κ3) is 4.34. The van der Waals surface area contributed by atoms with Crippen molar-refractivity contribution in [2.24, 2.45) is 0 Å². The molecule has 0 bridgehead atoms. The summed E-state index contributed by atoms with van der Waals surface area (Å²) in [6.07, 6.45) is -0.586. The second-order valence-corrected chi connectivity index (χ2v) is 5.37. The zero-order valence-electron chi connectivity index (χ0n) is 11.3. The first-order chi connectivity index (χ1) is 9.66. The lowest BCUT2D eigenvalue weighted by atomic mass is 10.1. The van der Waals surface area contributed by atoms with Gasteiger partial charge in [-0.25, -0.2) is 0 Å². The molecule has 20 heavy (non-hydrogen) atoms. The lowest BCUT2D eigenvalue weighted by Gasteiger charge is -2.14. The van der Waals surface area contributed by atoms with E-state index in [2.05, 4.69) is 15.9 Å². The van der Waals surface area contributed by atoms with E-state index in [0.717, 1.165) is 15.6 Å². The fourth-order valence-electron chi connectivity index (χ4n) is 1.82. The van der Waals surface area contributed by atoms with E-state index in [1.54, 1.807) is 6.92 Å². The maximum atomic E-state index is 9.72. The largest absolute Gasteiger partial charge is 0.467 e. The van der Waals surface area contributed by atoms with Gasteiger partial charge in [0, 0.05) is 10.0 Å². The normalized spacial score (nSPS) is 12.2. The van der Waals surface area contributed by atoms with Crippen molar-refractivity contribution in [1.82, 2.24) is 0 Å². The molecule has 2 aromatic rings. The molecule has 2 aromatic carbocycles. The Morgan fingerprint density at radius 1 is 1.15 bits per heavy atom. The number of benzene rings is 2. The molecule has 2 rings (SSSR count). The van der Waals surface area contributed by atoms with Crippen molar-refractivity contribution in [3.8, 4) is 5.75 Å². The molecule has 0 saturated heterocycles. The highest BCUT2D eigenvalue weighted by atomic mass is 79.9. The van der Waals surface area contributed by atoms with Gasteiger partial charge in [-0.05, 0) is 30.7 Å². The van der Waals surface area contributed by atoms with Crippen LogP contribution in [-0.4, -0.2) is 11.9 Å². The second-order valence-electron chi connectivity index (χ2n) is 4.45. The van der Waals surface area contributed by atoms with Crippen LogP contribution < -0.4 is 4.74 Å². The van der Waals surface area contributed by atoms with E-state index in [1.165, 1.54) is 0 Å². The molecule has 0 aliphatic heterocycles. The van der Waals surface area contributed by atoms with Crippen molar-refractivity contribution in [1.29, 1.82) is 0 Å². The van der Waals surface area contributed by atoms with Crippen LogP contribution in [0.2, 0.25) is 0 Å². The maximum absolute atomic E-state index is 9.72. The monoisotopic (exact) mass is 336 g/mol. The Kier molecular flexibility index (Phi) is 5.59. The molecular formula is C16H17BrO3. The quantitative estimate of drug-likeness (QED) is 0.638. The fraction of sp³-hybridized carbons (Fsp3) is 0.250. The van der Waals surface area contributed by atoms with E-state index < -0.39 is 6.10 Å². The number of ether oxygens (including phenoxy) is 2. The number of aliphatic hydroxyl groups is 1. The molecule has 3 nitrogen and oxygen atoms in total. The Hall–Kier alpha value is -1.36. The van der Waals surface area contributed by atoms with Gasteiger partial charge in [-0.3, -0.25) is 0 Å². The zero-order valence-corrected chi connectivity index (χ0v) is 12.8. The van der Waals surface area contributed by atoms with Gasteiger partial charge in [0.05, 0.1) is 12.7 Å². The molecule has 0 spiro atoms. The molecule has 0 saturated carbocycles. The van der Waals surface area contributed by atoms with E-state index in [1.807, 2.05) is 48.5 Å². The molecule has 1 N–H and O–H groups in total. The summed E-state index contributed by atoms with van der Waals surface area (Å²) in [4.78, 5) is 0. The van der Waals surface area contributed by atoms with Crippen molar-refractivity contribution in [2.45, 2.75) is 19.6 Å². The van der Waals surface area contributed by atoms with Gasteiger partial charge in [0.25, 0.3) is 0 Å². The van der Waals surface area contributed by atoms with Gasteiger partial charge in [-0.15, -0.1) is 0 Å². The summed E-state index contributed by atoms with van der Waals surface area (Å²) in [5.41, 5.74) is 1.84. The molecule has 0 fully saturated rings. The molecule has 1 atom stereocenters. The van der Waals surface area contributed by atoms with Crippen LogP contribution in [0.3, 0.4) is 0 Å². The summed E-state index contributed by atoms with van der Waals surface area (Å²) >= 11 is 3.38. The van der Waals surface area contributed by atoms with Gasteiger partial charge in [0.15, 0.2) is 6.79 Å². The topological polar surface area (TPSA) is 38.7 Å². The van der Waals surface area contributed by atoms with E-state index in [9.17, 15) is 5.11 Å². The average molecular weight is 337 g/mol. The van der Waals surface area contributed by atoms with Crippen LogP contribution in [0.1, 0.15) is 24.2 Å². The average Bonchev–Trinajstić information content (AvgIpc) is 2.45. The fourth-order valence-corrected chi connectivity index (χ4v) is 2.19. The highest BCUT2D eigenvalue weighted by molar-refractivity contribution is 9.10. The number of hydrogen-bond acceptors (Lipinski definition) is 3. The number of halogens is 1. The maximum Gasteiger partial charge on any atom is 0.189 e. The van der Waals surface area contributed by atoms with Gasteiger partial charge in [0.2, 0.25) is 0 Å². The molecule has 1 unspecified atom stereocenters. The minimum Gasteiger partial charge on any atom is -0.467 e. The molecule has 0 aromatic heterocycles. The van der Waals surface area contributed by atoms with Gasteiger partial charge in [-0.2, -0.15) is 0 Å². The van der Waals surface area contributed by atoms with E-state index in [0.29, 0.717) is 12.4 Å². The van der Waals surface area contributed by atoms with Crippen LogP contribution in [0.25, 0.3) is 0 Å². The molecule has 4 heteroatoms. The van der Waals surface area contributed by atoms with Crippen molar-refractivity contribution in [3.05, 3.63) is 64.1 Å². The molecular weight excluding hydrogens is 320 g/mol. The van der Waals surface area contributed by atoms with Crippen LogP contribution >= 0.6 is 15.9 Å². The van der Waals surface area contributed by atoms with Crippen LogP contribution in [0, 0.1) is 0 Å². The Balaban J connectivity index is 1.88. The Morgan fingerprint density at radius 2 is 1.90 bits per heavy atom. The van der Waals surface area contributed by atoms with E-state index >= 15 is 0 Å². The molecule has 0 aliphatic rings. The molecule has 0 aliphatic carbocycles. The van der Waals surface area contributed by atoms with Crippen LogP contribution in [0.5, 0.6) is 5.75 Å². The first-order valence-electron chi connectivity index (χ1n) is 6.39. The van der Waals surface area contributed by atoms with Crippen molar-refractivity contribution in [2.75, 3.05) is 6.79 Å². The summed E-state index contributed by atoms with van der Waals surface area (Å²) in [6, 6.07) is 15.5. The summed E-state index contributed by atoms with van der Waals surface area (Å²) in [5.74, 6) is 0.635. The highest BCUT2D eigenvalue weighted by Crippen LogP contribution is 2.28. The highest BCUT2D eigenvalue weighted by Gasteiger charge is 2.09. The van der Waals surface area contributed by atoms with Crippen LogP contribution in [0.15, 0.2) is 53.0 Å². The van der Waals surface area contributed by atoms with E-state index in [-0.39, 0.29) is 6.79 Å². The van der Waals surface area contributed by atoms with Crippen LogP contribution in [-0.2, 0) is 11.3 Å². The second kappa shape index (κ2) is 7.43. The first kappa shape index (κ1) is 15.0. The number of rotatable bonds is 6. The van der Waals surface area contributed by atoms with E-state index in [4.69, 9.17) is 9.47 Å². The standard InChI is InChI=1S/C16H17BrO3/c1-12(18)15-9-14(17)7-8-16(15)20-11-19-10-13-5-3-2-4-6-13/h2-9,12,18H,10-11H2,1H3. The Labute approximate surface area is 127 Å². The predicted octanol–water partition coefficient (Wildman–Crippen LogP) is 4.06. The third-order valence-electron chi connectivity index (χ3n) is 2.83.